The first-order valence-electron chi connectivity index (χ1n) is 8.11. The van der Waals surface area contributed by atoms with E-state index in [4.69, 9.17) is 0 Å². The Balaban J connectivity index is 2.41. The van der Waals surface area contributed by atoms with Gasteiger partial charge >= 0.3 is 6.18 Å². The molecule has 1 saturated heterocycles. The fraction of sp³-hybridized carbons (Fsp3) is 0.647. The molecule has 0 bridgehead atoms. The molecule has 0 aromatic heterocycles. The number of piperazine rings is 1. The van der Waals surface area contributed by atoms with E-state index in [2.05, 4.69) is 5.32 Å². The standard InChI is InChI=1S/C17H24F4N2/c1-12(2)6-7-15(23-10-8-22-9-11-23)16-13(17(19,20)21)4-3-5-14(16)18/h3-5,12,15,22H,6-11H2,1-2H3/t15-/m1/s1. The minimum absolute atomic E-state index is 0.192. The molecule has 2 nitrogen and oxygen atoms in total. The van der Waals surface area contributed by atoms with E-state index in [9.17, 15) is 17.6 Å². The van der Waals surface area contributed by atoms with Gasteiger partial charge in [-0.25, -0.2) is 4.39 Å². The lowest BCUT2D eigenvalue weighted by Crippen LogP contribution is -2.45. The number of alkyl halides is 3. The van der Waals surface area contributed by atoms with Crippen LogP contribution in [0.3, 0.4) is 0 Å². The highest BCUT2D eigenvalue weighted by Gasteiger charge is 2.38. The highest BCUT2D eigenvalue weighted by atomic mass is 19.4. The second kappa shape index (κ2) is 7.62. The molecule has 0 aliphatic carbocycles. The van der Waals surface area contributed by atoms with Crippen molar-refractivity contribution in [2.45, 2.75) is 38.9 Å². The van der Waals surface area contributed by atoms with Crippen molar-refractivity contribution in [1.82, 2.24) is 10.2 Å². The van der Waals surface area contributed by atoms with Crippen LogP contribution >= 0.6 is 0 Å². The lowest BCUT2D eigenvalue weighted by atomic mass is 9.91. The van der Waals surface area contributed by atoms with Crippen LogP contribution in [-0.2, 0) is 6.18 Å². The summed E-state index contributed by atoms with van der Waals surface area (Å²) < 4.78 is 54.4. The van der Waals surface area contributed by atoms with Gasteiger partial charge in [-0.2, -0.15) is 13.2 Å². The van der Waals surface area contributed by atoms with Crippen molar-refractivity contribution in [2.75, 3.05) is 26.2 Å². The predicted molar refractivity (Wildman–Crippen MR) is 82.7 cm³/mol. The SMILES string of the molecule is CC(C)CC[C@H](c1c(F)cccc1C(F)(F)F)N1CCNCC1. The molecule has 1 aliphatic rings. The molecule has 1 heterocycles. The molecular weight excluding hydrogens is 308 g/mol. The van der Waals surface area contributed by atoms with Crippen LogP contribution < -0.4 is 5.32 Å². The van der Waals surface area contributed by atoms with Gasteiger partial charge in [0.15, 0.2) is 0 Å². The predicted octanol–water partition coefficient (Wildman–Crippen LogP) is 4.23. The van der Waals surface area contributed by atoms with Gasteiger partial charge in [-0.1, -0.05) is 19.9 Å². The first-order chi connectivity index (χ1) is 10.8. The summed E-state index contributed by atoms with van der Waals surface area (Å²) in [4.78, 5) is 1.98. The van der Waals surface area contributed by atoms with Crippen molar-refractivity contribution in [2.24, 2.45) is 5.92 Å². The molecule has 1 aromatic carbocycles. The lowest BCUT2D eigenvalue weighted by molar-refractivity contribution is -0.139. The second-order valence-corrected chi connectivity index (χ2v) is 6.47. The van der Waals surface area contributed by atoms with Crippen LogP contribution in [0.2, 0.25) is 0 Å². The number of benzene rings is 1. The van der Waals surface area contributed by atoms with Gasteiger partial charge < -0.3 is 5.32 Å². The molecule has 1 atom stereocenters. The Bertz CT molecular complexity index is 508. The molecule has 2 rings (SSSR count). The van der Waals surface area contributed by atoms with Crippen molar-refractivity contribution in [1.29, 1.82) is 0 Å². The minimum Gasteiger partial charge on any atom is -0.314 e. The molecule has 0 radical (unpaired) electrons. The van der Waals surface area contributed by atoms with Gasteiger partial charge in [0, 0.05) is 37.8 Å². The Morgan fingerprint density at radius 3 is 2.35 bits per heavy atom. The van der Waals surface area contributed by atoms with E-state index < -0.39 is 23.6 Å². The van der Waals surface area contributed by atoms with E-state index >= 15 is 0 Å². The van der Waals surface area contributed by atoms with Crippen LogP contribution in [0.4, 0.5) is 17.6 Å². The second-order valence-electron chi connectivity index (χ2n) is 6.47. The summed E-state index contributed by atoms with van der Waals surface area (Å²) in [6.07, 6.45) is -3.25. The molecule has 1 N–H and O–H groups in total. The average molecular weight is 332 g/mol. The monoisotopic (exact) mass is 332 g/mol. The van der Waals surface area contributed by atoms with Gasteiger partial charge in [-0.15, -0.1) is 0 Å². The fourth-order valence-electron chi connectivity index (χ4n) is 3.12. The smallest absolute Gasteiger partial charge is 0.314 e. The first kappa shape index (κ1) is 18.2. The number of hydrogen-bond donors (Lipinski definition) is 1. The van der Waals surface area contributed by atoms with Gasteiger partial charge in [0.25, 0.3) is 0 Å². The summed E-state index contributed by atoms with van der Waals surface area (Å²) in [6.45, 7) is 6.76. The highest BCUT2D eigenvalue weighted by Crippen LogP contribution is 2.39. The maximum atomic E-state index is 14.4. The Morgan fingerprint density at radius 1 is 1.13 bits per heavy atom. The first-order valence-corrected chi connectivity index (χ1v) is 8.11. The van der Waals surface area contributed by atoms with Gasteiger partial charge in [0.2, 0.25) is 0 Å². The number of nitrogens with zero attached hydrogens (tertiary/aromatic N) is 1. The average Bonchev–Trinajstić information content (AvgIpc) is 2.48. The van der Waals surface area contributed by atoms with Gasteiger partial charge in [0.05, 0.1) is 5.56 Å². The number of hydrogen-bond acceptors (Lipinski definition) is 2. The van der Waals surface area contributed by atoms with Crippen molar-refractivity contribution in [3.63, 3.8) is 0 Å². The fourth-order valence-corrected chi connectivity index (χ4v) is 3.12. The van der Waals surface area contributed by atoms with Crippen LogP contribution in [0.1, 0.15) is 43.9 Å². The van der Waals surface area contributed by atoms with Gasteiger partial charge in [0.1, 0.15) is 5.82 Å². The third-order valence-electron chi connectivity index (χ3n) is 4.30. The normalized spacial score (nSPS) is 18.4. The van der Waals surface area contributed by atoms with E-state index in [1.807, 2.05) is 18.7 Å². The summed E-state index contributed by atoms with van der Waals surface area (Å²) >= 11 is 0. The van der Waals surface area contributed by atoms with Gasteiger partial charge in [-0.3, -0.25) is 4.90 Å². The molecule has 6 heteroatoms. The molecule has 1 aromatic rings. The molecule has 1 aliphatic heterocycles. The third-order valence-corrected chi connectivity index (χ3v) is 4.30. The largest absolute Gasteiger partial charge is 0.416 e. The van der Waals surface area contributed by atoms with Crippen molar-refractivity contribution in [3.8, 4) is 0 Å². The number of nitrogens with one attached hydrogen (secondary N) is 1. The molecule has 130 valence electrons. The van der Waals surface area contributed by atoms with Crippen LogP contribution in [0.25, 0.3) is 0 Å². The van der Waals surface area contributed by atoms with E-state index in [0.717, 1.165) is 24.6 Å². The van der Waals surface area contributed by atoms with Crippen LogP contribution in [0.5, 0.6) is 0 Å². The van der Waals surface area contributed by atoms with Crippen molar-refractivity contribution >= 4 is 0 Å². The van der Waals surface area contributed by atoms with E-state index in [1.54, 1.807) is 0 Å². The number of halogens is 4. The molecular formula is C17H24F4N2. The summed E-state index contributed by atoms with van der Waals surface area (Å²) in [5.74, 6) is -0.395. The molecule has 0 spiro atoms. The molecule has 0 unspecified atom stereocenters. The summed E-state index contributed by atoms with van der Waals surface area (Å²) in [7, 11) is 0. The summed E-state index contributed by atoms with van der Waals surface area (Å²) in [5, 5.41) is 3.19. The Labute approximate surface area is 134 Å². The van der Waals surface area contributed by atoms with Crippen molar-refractivity contribution < 1.29 is 17.6 Å². The zero-order valence-corrected chi connectivity index (χ0v) is 13.6. The maximum Gasteiger partial charge on any atom is 0.416 e. The maximum absolute atomic E-state index is 14.4. The van der Waals surface area contributed by atoms with Crippen LogP contribution in [0.15, 0.2) is 18.2 Å². The number of rotatable bonds is 5. The molecule has 23 heavy (non-hydrogen) atoms. The van der Waals surface area contributed by atoms with Crippen molar-refractivity contribution in [3.05, 3.63) is 35.1 Å². The topological polar surface area (TPSA) is 15.3 Å². The van der Waals surface area contributed by atoms with Gasteiger partial charge in [-0.05, 0) is 30.9 Å². The Kier molecular flexibility index (Phi) is 6.03. The summed E-state index contributed by atoms with van der Waals surface area (Å²) in [6, 6.07) is 2.73. The minimum atomic E-state index is -4.54. The lowest BCUT2D eigenvalue weighted by Gasteiger charge is -2.36. The Morgan fingerprint density at radius 2 is 1.78 bits per heavy atom. The zero-order valence-electron chi connectivity index (χ0n) is 13.6. The van der Waals surface area contributed by atoms with Crippen LogP contribution in [0, 0.1) is 11.7 Å². The summed E-state index contributed by atoms with van der Waals surface area (Å²) in [5.41, 5.74) is -1.03. The van der Waals surface area contributed by atoms with Crippen LogP contribution in [-0.4, -0.2) is 31.1 Å². The molecule has 1 fully saturated rings. The van der Waals surface area contributed by atoms with E-state index in [-0.39, 0.29) is 5.56 Å². The Hall–Kier alpha value is -1.14. The van der Waals surface area contributed by atoms with E-state index in [1.165, 1.54) is 0 Å². The molecule has 0 saturated carbocycles. The third kappa shape index (κ3) is 4.67. The zero-order chi connectivity index (χ0) is 17.0. The quantitative estimate of drug-likeness (QED) is 0.812. The highest BCUT2D eigenvalue weighted by molar-refractivity contribution is 5.34. The van der Waals surface area contributed by atoms with E-state index in [0.29, 0.717) is 38.5 Å². The molecule has 0 amide bonds.